The quantitative estimate of drug-likeness (QED) is 0.297. The molecule has 0 N–H and O–H groups in total. The van der Waals surface area contributed by atoms with Crippen molar-refractivity contribution < 1.29 is 1110 Å². The van der Waals surface area contributed by atoms with Crippen molar-refractivity contribution in [1.29, 1.82) is 0 Å². The Morgan fingerprint density at radius 3 is 0.0154 bits per heavy atom. The van der Waals surface area contributed by atoms with Gasteiger partial charge in [-0.2, -0.15) is 0 Å². The molecule has 0 amide bonds. The standard InChI is InChI=1S/65Fe. The fourth-order valence-electron chi connectivity index (χ4n) is 0. The first-order valence-corrected chi connectivity index (χ1v) is 0. The molecule has 0 saturated heterocycles. The Bertz CT molecular complexity index is 0. The minimum absolute atomic E-state index is 0. The van der Waals surface area contributed by atoms with Crippen LogP contribution < -0.4 is 0 Å². The average Bonchev–Trinajstić information content (AvgIpc) is 0. The van der Waals surface area contributed by atoms with Gasteiger partial charge in [-0.3, -0.25) is 0 Å². The molecule has 0 atom stereocenters. The Balaban J connectivity index is 0. The third kappa shape index (κ3) is 786. The third-order valence-electron chi connectivity index (χ3n) is 0. The second-order valence-electron chi connectivity index (χ2n) is 0. The van der Waals surface area contributed by atoms with Crippen LogP contribution in [-0.4, -0.2) is 0 Å². The Morgan fingerprint density at radius 2 is 0.0154 bits per heavy atom. The van der Waals surface area contributed by atoms with Gasteiger partial charge >= 0.3 is 0 Å². The van der Waals surface area contributed by atoms with E-state index in [4.69, 9.17) is 0 Å². The first-order chi connectivity index (χ1) is 0. The van der Waals surface area contributed by atoms with E-state index in [2.05, 4.69) is 0 Å². The number of rotatable bonds is 0. The van der Waals surface area contributed by atoms with E-state index in [1.165, 1.54) is 0 Å². The van der Waals surface area contributed by atoms with Crippen molar-refractivity contribution in [2.75, 3.05) is 0 Å². The maximum atomic E-state index is 0. The summed E-state index contributed by atoms with van der Waals surface area (Å²) in [5.74, 6) is 0. The SMILES string of the molecule is [Fe].[Fe].[Fe].[Fe].[Fe].[Fe].[Fe].[Fe].[Fe].[Fe].[Fe].[Fe].[Fe].[Fe].[Fe].[Fe].[Fe].[Fe].[Fe].[Fe].[Fe].[Fe].[Fe].[Fe].[Fe].[Fe].[Fe].[Fe].[Fe].[Fe].[Fe].[Fe].[Fe].[Fe].[Fe].[Fe].[Fe].[Fe].[Fe].[Fe].[Fe].[Fe].[Fe].[Fe].[Fe].[Fe].[Fe].[Fe].[Fe].[Fe].[Fe].[Fe].[Fe].[Fe].[Fe].[Fe].[Fe].[Fe].[Fe].[Fe].[Fe].[Fe].[Fe].[Fe].[Fe]. The zero-order chi connectivity index (χ0) is 0. The molecule has 0 aromatic heterocycles. The van der Waals surface area contributed by atoms with Crippen molar-refractivity contribution >= 4 is 0 Å². The van der Waals surface area contributed by atoms with Gasteiger partial charge < -0.3 is 0 Å². The molecule has 0 aliphatic heterocycles. The van der Waals surface area contributed by atoms with Gasteiger partial charge in [0.25, 0.3) is 0 Å². The van der Waals surface area contributed by atoms with E-state index < -0.39 is 0 Å². The Kier molecular flexibility index (Phi) is 10200. The Morgan fingerprint density at radius 1 is 0.0154 bits per heavy atom. The molecule has 65 heavy (non-hydrogen) atoms. The molecule has 0 aliphatic rings. The van der Waals surface area contributed by atoms with Gasteiger partial charge in [0.05, 0.1) is 0 Å². The van der Waals surface area contributed by atoms with Crippen LogP contribution >= 0.6 is 0 Å². The third-order valence-corrected chi connectivity index (χ3v) is 0. The normalized spacial score (nSPS) is 0. The molecule has 0 saturated carbocycles. The van der Waals surface area contributed by atoms with Crippen molar-refractivity contribution in [3.8, 4) is 0 Å². The van der Waals surface area contributed by atoms with Crippen LogP contribution in [0.4, 0.5) is 0 Å². The van der Waals surface area contributed by atoms with Crippen LogP contribution in [0, 0.1) is 0 Å². The van der Waals surface area contributed by atoms with Crippen molar-refractivity contribution in [3.05, 3.63) is 0 Å². The van der Waals surface area contributed by atoms with E-state index in [9.17, 15) is 0 Å². The van der Waals surface area contributed by atoms with Gasteiger partial charge in [-0.05, 0) is 0 Å². The van der Waals surface area contributed by atoms with Gasteiger partial charge in [0.15, 0.2) is 0 Å². The smallest absolute Gasteiger partial charge is 0 e. The second kappa shape index (κ2) is 803. The van der Waals surface area contributed by atoms with Crippen LogP contribution in [0.3, 0.4) is 0 Å². The molecule has 0 unspecified atom stereocenters. The summed E-state index contributed by atoms with van der Waals surface area (Å²) in [6.07, 6.45) is 0. The molecule has 0 aliphatic carbocycles. The topological polar surface area (TPSA) is 0 Å². The summed E-state index contributed by atoms with van der Waals surface area (Å²) in [4.78, 5) is 0. The van der Waals surface area contributed by atoms with E-state index in [0.717, 1.165) is 0 Å². The molecule has 65 heteroatoms. The van der Waals surface area contributed by atoms with Crippen LogP contribution in [0.1, 0.15) is 0 Å². The summed E-state index contributed by atoms with van der Waals surface area (Å²) >= 11 is 0. The van der Waals surface area contributed by atoms with Crippen molar-refractivity contribution in [2.45, 2.75) is 0 Å². The maximum absolute atomic E-state index is 0. The van der Waals surface area contributed by atoms with Gasteiger partial charge in [-0.25, -0.2) is 0 Å². The van der Waals surface area contributed by atoms with Crippen LogP contribution in [0.15, 0.2) is 0 Å². The van der Waals surface area contributed by atoms with E-state index in [0.29, 0.717) is 0 Å². The van der Waals surface area contributed by atoms with Crippen molar-refractivity contribution in [2.24, 2.45) is 0 Å². The van der Waals surface area contributed by atoms with E-state index in [1.807, 2.05) is 0 Å². The van der Waals surface area contributed by atoms with Crippen LogP contribution in [0.5, 0.6) is 0 Å². The molecule has 0 fully saturated rings. The first-order valence-electron chi connectivity index (χ1n) is 0. The monoisotopic (exact) mass is 3640 g/mol. The molecule has 0 radical (unpaired) electrons. The van der Waals surface area contributed by atoms with Crippen molar-refractivity contribution in [1.82, 2.24) is 0 Å². The minimum atomic E-state index is 0. The fraction of sp³-hybridized carbons (Fsp3) is 0. The van der Waals surface area contributed by atoms with E-state index in [-0.39, 0.29) is 1110 Å². The summed E-state index contributed by atoms with van der Waals surface area (Å²) in [5, 5.41) is 0. The van der Waals surface area contributed by atoms with Gasteiger partial charge in [-0.1, -0.05) is 0 Å². The average molecular weight is 3630 g/mol. The summed E-state index contributed by atoms with van der Waals surface area (Å²) in [6.45, 7) is 0. The molecule has 0 bridgehead atoms. The second-order valence-corrected chi connectivity index (χ2v) is 0. The number of hydrogen-bond donors (Lipinski definition) is 0. The van der Waals surface area contributed by atoms with Gasteiger partial charge in [0.2, 0.25) is 0 Å². The Labute approximate surface area is 1080 Å². The van der Waals surface area contributed by atoms with E-state index in [1.54, 1.807) is 0 Å². The molecule has 0 rings (SSSR count). The van der Waals surface area contributed by atoms with Crippen LogP contribution in [-0.2, 0) is 1110 Å². The van der Waals surface area contributed by atoms with Crippen LogP contribution in [0.25, 0.3) is 0 Å². The molecule has 0 aromatic rings. The summed E-state index contributed by atoms with van der Waals surface area (Å²) < 4.78 is 0. The molecule has 0 aromatic carbocycles. The summed E-state index contributed by atoms with van der Waals surface area (Å²) in [7, 11) is 0. The fourth-order valence-corrected chi connectivity index (χ4v) is 0. The summed E-state index contributed by atoms with van der Waals surface area (Å²) in [6, 6.07) is 0. The van der Waals surface area contributed by atoms with Gasteiger partial charge in [-0.15, -0.1) is 0 Å². The minimum Gasteiger partial charge on any atom is 0 e. The molecular weight excluding hydrogens is 3630 g/mol. The van der Waals surface area contributed by atoms with Gasteiger partial charge in [0.1, 0.15) is 0 Å². The molecule has 0 nitrogen and oxygen atoms in total. The maximum Gasteiger partial charge on any atom is 0 e. The molecule has 0 spiro atoms. The predicted octanol–water partition coefficient (Wildman–Crippen LogP) is -0.163. The van der Waals surface area contributed by atoms with Gasteiger partial charge in [0, 0.05) is 1110 Å². The molecular formula is Fe65. The Hall–Kier alpha value is 33.8. The number of hydrogen-bond acceptors (Lipinski definition) is 0. The molecule has 0 heterocycles. The molecule has 520 valence electrons. The largest absolute Gasteiger partial charge is 0 e. The zero-order valence-corrected chi connectivity index (χ0v) is 94.8. The predicted molar refractivity (Wildman–Crippen MR) is 0 cm³/mol. The zero-order valence-electron chi connectivity index (χ0n) is 23.0. The first kappa shape index (κ1) is 828. The summed E-state index contributed by atoms with van der Waals surface area (Å²) in [5.41, 5.74) is 0. The van der Waals surface area contributed by atoms with E-state index >= 15 is 0 Å². The van der Waals surface area contributed by atoms with Crippen molar-refractivity contribution in [3.63, 3.8) is 0 Å². The van der Waals surface area contributed by atoms with Crippen LogP contribution in [0.2, 0.25) is 0 Å².